The molecule has 0 bridgehead atoms. The first kappa shape index (κ1) is 15.6. The number of aromatic nitrogens is 1. The largest absolute Gasteiger partial charge is 0.497 e. The molecular formula is C20H21N3O2. The minimum absolute atomic E-state index is 0.0322. The van der Waals surface area contributed by atoms with Crippen molar-refractivity contribution in [3.63, 3.8) is 0 Å². The Morgan fingerprint density at radius 3 is 2.80 bits per heavy atom. The molecule has 5 heteroatoms. The summed E-state index contributed by atoms with van der Waals surface area (Å²) in [6.07, 6.45) is 2.47. The smallest absolute Gasteiger partial charge is 0.227 e. The van der Waals surface area contributed by atoms with Crippen LogP contribution in [0.2, 0.25) is 0 Å². The summed E-state index contributed by atoms with van der Waals surface area (Å²) >= 11 is 0. The zero-order chi connectivity index (χ0) is 17.4. The van der Waals surface area contributed by atoms with Gasteiger partial charge in [0.05, 0.1) is 7.11 Å². The van der Waals surface area contributed by atoms with Gasteiger partial charge in [0.15, 0.2) is 0 Å². The zero-order valence-electron chi connectivity index (χ0n) is 14.1. The Labute approximate surface area is 146 Å². The maximum absolute atomic E-state index is 12.7. The fourth-order valence-electron chi connectivity index (χ4n) is 3.56. The minimum Gasteiger partial charge on any atom is -0.497 e. The number of hydrogen-bond acceptors (Lipinski definition) is 3. The summed E-state index contributed by atoms with van der Waals surface area (Å²) in [5.74, 6) is 0.866. The predicted molar refractivity (Wildman–Crippen MR) is 99.8 cm³/mol. The Kier molecular flexibility index (Phi) is 3.84. The number of hydrogen-bond donors (Lipinski definition) is 3. The van der Waals surface area contributed by atoms with Crippen LogP contribution in [-0.4, -0.2) is 18.0 Å². The molecule has 1 aliphatic rings. The van der Waals surface area contributed by atoms with Crippen LogP contribution in [-0.2, 0) is 17.6 Å². The monoisotopic (exact) mass is 335 g/mol. The normalized spacial score (nSPS) is 16.4. The number of anilines is 2. The number of ether oxygens (including phenoxy) is 1. The molecule has 3 aromatic rings. The number of carbonyl (C=O) groups excluding carboxylic acids is 1. The topological polar surface area (TPSA) is 80.1 Å². The van der Waals surface area contributed by atoms with E-state index in [1.165, 1.54) is 11.3 Å². The fourth-order valence-corrected chi connectivity index (χ4v) is 3.56. The van der Waals surface area contributed by atoms with Crippen molar-refractivity contribution in [3.8, 4) is 5.75 Å². The lowest BCUT2D eigenvalue weighted by molar-refractivity contribution is -0.120. The van der Waals surface area contributed by atoms with Crippen LogP contribution >= 0.6 is 0 Å². The molecule has 4 N–H and O–H groups in total. The van der Waals surface area contributed by atoms with Crippen molar-refractivity contribution in [3.05, 3.63) is 53.7 Å². The molecule has 0 fully saturated rings. The number of amides is 1. The molecule has 0 aliphatic heterocycles. The quantitative estimate of drug-likeness (QED) is 0.641. The first-order valence-electron chi connectivity index (χ1n) is 8.48. The van der Waals surface area contributed by atoms with Crippen molar-refractivity contribution >= 4 is 28.2 Å². The Hall–Kier alpha value is -2.95. The van der Waals surface area contributed by atoms with Gasteiger partial charge in [-0.15, -0.1) is 0 Å². The summed E-state index contributed by atoms with van der Waals surface area (Å²) in [7, 11) is 1.67. The summed E-state index contributed by atoms with van der Waals surface area (Å²) in [6, 6.07) is 13.3. The van der Waals surface area contributed by atoms with E-state index in [9.17, 15) is 4.79 Å². The molecule has 0 radical (unpaired) electrons. The average Bonchev–Trinajstić information content (AvgIpc) is 3.00. The van der Waals surface area contributed by atoms with E-state index >= 15 is 0 Å². The van der Waals surface area contributed by atoms with Gasteiger partial charge in [-0.1, -0.05) is 0 Å². The van der Waals surface area contributed by atoms with Crippen molar-refractivity contribution in [1.82, 2.24) is 4.98 Å². The number of nitrogen functional groups attached to an aromatic ring is 1. The molecular weight excluding hydrogens is 314 g/mol. The van der Waals surface area contributed by atoms with Crippen LogP contribution in [0, 0.1) is 5.92 Å². The highest BCUT2D eigenvalue weighted by atomic mass is 16.5. The Morgan fingerprint density at radius 2 is 2.04 bits per heavy atom. The fraction of sp³-hybridized carbons (Fsp3) is 0.250. The van der Waals surface area contributed by atoms with Gasteiger partial charge in [0.1, 0.15) is 5.75 Å². The van der Waals surface area contributed by atoms with E-state index in [2.05, 4.69) is 10.3 Å². The molecule has 2 aromatic carbocycles. The third kappa shape index (κ3) is 2.93. The van der Waals surface area contributed by atoms with Crippen LogP contribution in [0.5, 0.6) is 5.75 Å². The molecule has 1 aromatic heterocycles. The molecule has 25 heavy (non-hydrogen) atoms. The maximum atomic E-state index is 12.7. The molecule has 1 aliphatic carbocycles. The second-order valence-electron chi connectivity index (χ2n) is 6.54. The SMILES string of the molecule is COc1ccc2[nH]c3c(c2c1)CC(C(=O)Nc1ccc(N)cc1)CC3. The van der Waals surface area contributed by atoms with Crippen LogP contribution in [0.25, 0.3) is 10.9 Å². The number of nitrogens with two attached hydrogens (primary N) is 1. The molecule has 0 saturated carbocycles. The van der Waals surface area contributed by atoms with Crippen molar-refractivity contribution in [2.24, 2.45) is 5.92 Å². The number of aryl methyl sites for hydroxylation is 1. The van der Waals surface area contributed by atoms with Gasteiger partial charge in [0, 0.05) is 33.9 Å². The van der Waals surface area contributed by atoms with Gasteiger partial charge in [-0.25, -0.2) is 0 Å². The molecule has 0 spiro atoms. The molecule has 1 unspecified atom stereocenters. The molecule has 4 rings (SSSR count). The Balaban J connectivity index is 1.57. The number of methoxy groups -OCH3 is 1. The minimum atomic E-state index is -0.0322. The highest BCUT2D eigenvalue weighted by Gasteiger charge is 2.27. The van der Waals surface area contributed by atoms with E-state index in [4.69, 9.17) is 10.5 Å². The van der Waals surface area contributed by atoms with E-state index in [1.54, 1.807) is 19.2 Å². The number of fused-ring (bicyclic) bond motifs is 3. The summed E-state index contributed by atoms with van der Waals surface area (Å²) in [4.78, 5) is 16.1. The number of H-pyrrole nitrogens is 1. The molecule has 1 atom stereocenters. The first-order valence-corrected chi connectivity index (χ1v) is 8.48. The van der Waals surface area contributed by atoms with Crippen molar-refractivity contribution < 1.29 is 9.53 Å². The number of aromatic amines is 1. The maximum Gasteiger partial charge on any atom is 0.227 e. The summed E-state index contributed by atoms with van der Waals surface area (Å²) < 4.78 is 5.34. The zero-order valence-corrected chi connectivity index (χ0v) is 14.1. The summed E-state index contributed by atoms with van der Waals surface area (Å²) in [6.45, 7) is 0. The summed E-state index contributed by atoms with van der Waals surface area (Å²) in [5, 5.41) is 4.16. The Bertz CT molecular complexity index is 928. The summed E-state index contributed by atoms with van der Waals surface area (Å²) in [5.41, 5.74) is 10.7. The van der Waals surface area contributed by atoms with Gasteiger partial charge < -0.3 is 20.8 Å². The highest BCUT2D eigenvalue weighted by molar-refractivity contribution is 5.94. The first-order chi connectivity index (χ1) is 12.1. The predicted octanol–water partition coefficient (Wildman–Crippen LogP) is 3.50. The van der Waals surface area contributed by atoms with Crippen LogP contribution in [0.4, 0.5) is 11.4 Å². The van der Waals surface area contributed by atoms with Crippen LogP contribution < -0.4 is 15.8 Å². The lowest BCUT2D eigenvalue weighted by Crippen LogP contribution is -2.28. The average molecular weight is 335 g/mol. The van der Waals surface area contributed by atoms with Gasteiger partial charge in [-0.2, -0.15) is 0 Å². The van der Waals surface area contributed by atoms with Crippen LogP contribution in [0.15, 0.2) is 42.5 Å². The molecule has 5 nitrogen and oxygen atoms in total. The third-order valence-corrected chi connectivity index (χ3v) is 4.94. The number of carbonyl (C=O) groups is 1. The third-order valence-electron chi connectivity index (χ3n) is 4.94. The van der Waals surface area contributed by atoms with Crippen molar-refractivity contribution in [2.75, 3.05) is 18.2 Å². The van der Waals surface area contributed by atoms with E-state index in [0.717, 1.165) is 41.6 Å². The van der Waals surface area contributed by atoms with Crippen molar-refractivity contribution in [1.29, 1.82) is 0 Å². The standard InChI is InChI=1S/C20H21N3O2/c1-25-15-7-9-19-17(11-15)16-10-12(2-8-18(16)23-19)20(24)22-14-5-3-13(21)4-6-14/h3-7,9,11-12,23H,2,8,10,21H2,1H3,(H,22,24). The lowest BCUT2D eigenvalue weighted by atomic mass is 9.85. The molecule has 1 amide bonds. The number of rotatable bonds is 3. The Morgan fingerprint density at radius 1 is 1.24 bits per heavy atom. The van der Waals surface area contributed by atoms with Crippen LogP contribution in [0.3, 0.4) is 0 Å². The molecule has 128 valence electrons. The molecule has 1 heterocycles. The van der Waals surface area contributed by atoms with E-state index in [-0.39, 0.29) is 11.8 Å². The van der Waals surface area contributed by atoms with Crippen molar-refractivity contribution in [2.45, 2.75) is 19.3 Å². The lowest BCUT2D eigenvalue weighted by Gasteiger charge is -2.22. The number of nitrogens with one attached hydrogen (secondary N) is 2. The molecule has 0 saturated heterocycles. The van der Waals surface area contributed by atoms with Gasteiger partial charge in [-0.3, -0.25) is 4.79 Å². The van der Waals surface area contributed by atoms with Gasteiger partial charge in [0.25, 0.3) is 0 Å². The van der Waals surface area contributed by atoms with Gasteiger partial charge >= 0.3 is 0 Å². The van der Waals surface area contributed by atoms with E-state index in [0.29, 0.717) is 5.69 Å². The number of benzene rings is 2. The second-order valence-corrected chi connectivity index (χ2v) is 6.54. The van der Waals surface area contributed by atoms with E-state index < -0.39 is 0 Å². The van der Waals surface area contributed by atoms with Gasteiger partial charge in [-0.05, 0) is 67.3 Å². The van der Waals surface area contributed by atoms with E-state index in [1.807, 2.05) is 30.3 Å². The highest BCUT2D eigenvalue weighted by Crippen LogP contribution is 2.34. The van der Waals surface area contributed by atoms with Gasteiger partial charge in [0.2, 0.25) is 5.91 Å². The second kappa shape index (κ2) is 6.16. The van der Waals surface area contributed by atoms with Crippen LogP contribution in [0.1, 0.15) is 17.7 Å².